The van der Waals surface area contributed by atoms with E-state index in [-0.39, 0.29) is 23.8 Å². The van der Waals surface area contributed by atoms with Gasteiger partial charge in [0, 0.05) is 31.1 Å². The molecule has 1 aliphatic carbocycles. The van der Waals surface area contributed by atoms with Gasteiger partial charge in [-0.1, -0.05) is 6.07 Å². The van der Waals surface area contributed by atoms with Crippen molar-refractivity contribution in [1.82, 2.24) is 9.88 Å². The van der Waals surface area contributed by atoms with Crippen LogP contribution in [0.2, 0.25) is 0 Å². The molecule has 9 nitrogen and oxygen atoms in total. The zero-order valence-corrected chi connectivity index (χ0v) is 19.8. The maximum atomic E-state index is 13.3. The summed E-state index contributed by atoms with van der Waals surface area (Å²) in [4.78, 5) is 22.8. The predicted octanol–water partition coefficient (Wildman–Crippen LogP) is 3.45. The van der Waals surface area contributed by atoms with Crippen molar-refractivity contribution in [1.29, 1.82) is 10.8 Å². The van der Waals surface area contributed by atoms with E-state index in [1.165, 1.54) is 11.2 Å². The van der Waals surface area contributed by atoms with Crippen LogP contribution < -0.4 is 9.80 Å². The van der Waals surface area contributed by atoms with Crippen LogP contribution in [0, 0.1) is 10.8 Å². The number of aromatic nitrogens is 1. The molecule has 2 N–H and O–H groups in total. The van der Waals surface area contributed by atoms with Crippen LogP contribution in [0.25, 0.3) is 0 Å². The fourth-order valence-electron chi connectivity index (χ4n) is 4.05. The van der Waals surface area contributed by atoms with E-state index in [4.69, 9.17) is 10.8 Å². The number of carbonyl (C=O) groups is 1. The molecule has 4 rings (SSSR count). The third-order valence-corrected chi connectivity index (χ3v) is 7.11. The number of amidine groups is 1. The zero-order valence-electron chi connectivity index (χ0n) is 18.9. The van der Waals surface area contributed by atoms with E-state index < -0.39 is 9.84 Å². The minimum absolute atomic E-state index is 0.0695. The molecule has 0 spiro atoms. The van der Waals surface area contributed by atoms with Gasteiger partial charge in [0.2, 0.25) is 0 Å². The van der Waals surface area contributed by atoms with E-state index in [0.29, 0.717) is 35.2 Å². The summed E-state index contributed by atoms with van der Waals surface area (Å²) >= 11 is 0. The fraction of sp³-hybridized carbons (Fsp3) is 0.391. The molecule has 2 fully saturated rings. The molecule has 1 saturated heterocycles. The topological polar surface area (TPSA) is 122 Å². The second kappa shape index (κ2) is 8.58. The Kier molecular flexibility index (Phi) is 5.96. The van der Waals surface area contributed by atoms with Crippen LogP contribution in [0.15, 0.2) is 41.3 Å². The quantitative estimate of drug-likeness (QED) is 0.476. The van der Waals surface area contributed by atoms with Gasteiger partial charge in [-0.25, -0.2) is 18.2 Å². The number of benzene rings is 1. The van der Waals surface area contributed by atoms with Crippen molar-refractivity contribution >= 4 is 39.5 Å². The van der Waals surface area contributed by atoms with E-state index >= 15 is 0 Å². The van der Waals surface area contributed by atoms with Crippen molar-refractivity contribution in [3.05, 3.63) is 47.7 Å². The van der Waals surface area contributed by atoms with Crippen LogP contribution in [0.5, 0.6) is 0 Å². The average molecular weight is 469 g/mol. The van der Waals surface area contributed by atoms with Crippen LogP contribution in [-0.4, -0.2) is 61.9 Å². The Bertz CT molecular complexity index is 1220. The molecule has 2 amide bonds. The van der Waals surface area contributed by atoms with Gasteiger partial charge in [-0.15, -0.1) is 0 Å². The summed E-state index contributed by atoms with van der Waals surface area (Å²) in [5.41, 5.74) is 1.84. The summed E-state index contributed by atoms with van der Waals surface area (Å²) < 4.78 is 24.4. The van der Waals surface area contributed by atoms with Crippen molar-refractivity contribution in [2.75, 3.05) is 29.1 Å². The van der Waals surface area contributed by atoms with E-state index in [9.17, 15) is 13.2 Å². The van der Waals surface area contributed by atoms with Crippen LogP contribution >= 0.6 is 0 Å². The zero-order chi connectivity index (χ0) is 23.9. The predicted molar refractivity (Wildman–Crippen MR) is 128 cm³/mol. The van der Waals surface area contributed by atoms with Gasteiger partial charge >= 0.3 is 6.03 Å². The summed E-state index contributed by atoms with van der Waals surface area (Å²) in [6.07, 6.45) is 4.23. The number of nitrogens with one attached hydrogen (secondary N) is 2. The highest BCUT2D eigenvalue weighted by Crippen LogP contribution is 2.44. The van der Waals surface area contributed by atoms with Crippen molar-refractivity contribution in [2.24, 2.45) is 0 Å². The van der Waals surface area contributed by atoms with Crippen LogP contribution in [0.4, 0.5) is 16.3 Å². The van der Waals surface area contributed by atoms with Crippen LogP contribution in [0.1, 0.15) is 43.9 Å². The third kappa shape index (κ3) is 4.47. The van der Waals surface area contributed by atoms with E-state index in [1.54, 1.807) is 40.1 Å². The number of anilines is 2. The Morgan fingerprint density at radius 3 is 2.48 bits per heavy atom. The van der Waals surface area contributed by atoms with Crippen molar-refractivity contribution in [2.45, 2.75) is 43.5 Å². The molecule has 0 atom stereocenters. The maximum Gasteiger partial charge on any atom is 0.330 e. The summed E-state index contributed by atoms with van der Waals surface area (Å²) in [7, 11) is -3.34. The monoisotopic (exact) mass is 468 g/mol. The molecule has 0 bridgehead atoms. The Morgan fingerprint density at radius 2 is 1.88 bits per heavy atom. The molecule has 33 heavy (non-hydrogen) atoms. The molecule has 0 unspecified atom stereocenters. The number of amides is 2. The normalized spacial score (nSPS) is 16.4. The first-order valence-corrected chi connectivity index (χ1v) is 12.8. The number of rotatable bonds is 7. The highest BCUT2D eigenvalue weighted by atomic mass is 32.2. The number of carbonyl (C=O) groups excluding carboxylic acids is 1. The summed E-state index contributed by atoms with van der Waals surface area (Å²) in [6, 6.07) is 9.98. The Hall–Kier alpha value is -3.27. The highest BCUT2D eigenvalue weighted by Gasteiger charge is 2.34. The molecule has 2 heterocycles. The number of hydrogen-bond donors (Lipinski definition) is 2. The lowest BCUT2D eigenvalue weighted by molar-refractivity contribution is 0.255. The molecule has 0 radical (unpaired) electrons. The lowest BCUT2D eigenvalue weighted by Crippen LogP contribution is -2.36. The molecular weight excluding hydrogens is 440 g/mol. The van der Waals surface area contributed by atoms with E-state index in [2.05, 4.69) is 4.98 Å². The number of nitrogens with zero attached hydrogens (tertiary/aromatic N) is 4. The third-order valence-electron chi connectivity index (χ3n) is 5.94. The number of sulfone groups is 1. The second-order valence-electron chi connectivity index (χ2n) is 8.71. The molecule has 2 aromatic rings. The fourth-order valence-corrected chi connectivity index (χ4v) is 5.02. The lowest BCUT2D eigenvalue weighted by Gasteiger charge is -2.24. The van der Waals surface area contributed by atoms with Gasteiger partial charge in [-0.05, 0) is 68.5 Å². The van der Waals surface area contributed by atoms with Crippen LogP contribution in [0.3, 0.4) is 0 Å². The van der Waals surface area contributed by atoms with Crippen molar-refractivity contribution < 1.29 is 13.2 Å². The summed E-state index contributed by atoms with van der Waals surface area (Å²) in [5.74, 6) is 0.759. The molecule has 174 valence electrons. The standard InChI is InChI=1S/C23H28N6O3S/c1-15(2)29(14-24)22(25)19-5-4-6-21(26-19)28-12-11-27(23(28)30)17-9-10-20(33(3,31)32)18(13-17)16-7-8-16/h4-6,9-10,13-16,24-25H,7-8,11-12H2,1-3H3. The maximum absolute atomic E-state index is 13.3. The minimum Gasteiger partial charge on any atom is -0.314 e. The molecule has 1 aromatic heterocycles. The van der Waals surface area contributed by atoms with Gasteiger partial charge in [0.15, 0.2) is 15.7 Å². The first kappa shape index (κ1) is 22.9. The lowest BCUT2D eigenvalue weighted by atomic mass is 10.1. The molecular formula is C23H28N6O3S. The SMILES string of the molecule is CC(C)N(C=N)C(=N)c1cccc(N2CCN(c3ccc(S(C)(=O)=O)c(C4CC4)c3)C2=O)n1. The average Bonchev–Trinajstić information content (AvgIpc) is 3.55. The Balaban J connectivity index is 1.60. The van der Waals surface area contributed by atoms with Gasteiger partial charge < -0.3 is 4.90 Å². The van der Waals surface area contributed by atoms with Crippen molar-refractivity contribution in [3.8, 4) is 0 Å². The van der Waals surface area contributed by atoms with Gasteiger partial charge in [0.1, 0.15) is 11.5 Å². The first-order valence-electron chi connectivity index (χ1n) is 10.9. The highest BCUT2D eigenvalue weighted by molar-refractivity contribution is 7.90. The Morgan fingerprint density at radius 1 is 1.18 bits per heavy atom. The van der Waals surface area contributed by atoms with Crippen molar-refractivity contribution in [3.63, 3.8) is 0 Å². The summed E-state index contributed by atoms with van der Waals surface area (Å²) in [6.45, 7) is 4.64. The van der Waals surface area contributed by atoms with Gasteiger partial charge in [0.05, 0.1) is 11.2 Å². The Labute approximate surface area is 194 Å². The van der Waals surface area contributed by atoms with Crippen LogP contribution in [-0.2, 0) is 9.84 Å². The molecule has 10 heteroatoms. The largest absolute Gasteiger partial charge is 0.330 e. The van der Waals surface area contributed by atoms with E-state index in [0.717, 1.165) is 24.7 Å². The van der Waals surface area contributed by atoms with Gasteiger partial charge in [-0.2, -0.15) is 0 Å². The molecule has 1 aliphatic heterocycles. The molecule has 1 saturated carbocycles. The smallest absolute Gasteiger partial charge is 0.314 e. The first-order chi connectivity index (χ1) is 15.6. The molecule has 2 aliphatic rings. The van der Waals surface area contributed by atoms with E-state index in [1.807, 2.05) is 19.9 Å². The van der Waals surface area contributed by atoms with Gasteiger partial charge in [-0.3, -0.25) is 20.6 Å². The number of hydrogen-bond acceptors (Lipinski definition) is 6. The molecule has 1 aromatic carbocycles. The number of pyridine rings is 1. The minimum atomic E-state index is -3.34. The summed E-state index contributed by atoms with van der Waals surface area (Å²) in [5, 5.41) is 16.0. The second-order valence-corrected chi connectivity index (χ2v) is 10.7. The van der Waals surface area contributed by atoms with Gasteiger partial charge in [0.25, 0.3) is 0 Å². The number of urea groups is 1.